The number of benzene rings is 1. The summed E-state index contributed by atoms with van der Waals surface area (Å²) in [5.74, 6) is -1.38. The second-order valence-corrected chi connectivity index (χ2v) is 11.0. The predicted octanol–water partition coefficient (Wildman–Crippen LogP) is 3.59. The minimum atomic E-state index is -1.13. The van der Waals surface area contributed by atoms with E-state index in [9.17, 15) is 24.3 Å². The van der Waals surface area contributed by atoms with Crippen LogP contribution in [-0.2, 0) is 19.1 Å². The lowest BCUT2D eigenvalue weighted by Gasteiger charge is -2.35. The van der Waals surface area contributed by atoms with E-state index in [4.69, 9.17) is 10.5 Å². The SMILES string of the molecule is CCCN(C(=O)C(CCC(N)=O)NC(=O)OC(C)(C)C)C(C(=O)NC1CCCCC1)c1ccc(O)c(C)c1. The zero-order valence-corrected chi connectivity index (χ0v) is 23.3. The van der Waals surface area contributed by atoms with Crippen molar-refractivity contribution in [2.75, 3.05) is 6.54 Å². The molecule has 1 saturated carbocycles. The summed E-state index contributed by atoms with van der Waals surface area (Å²) in [6.07, 6.45) is 4.49. The normalized spacial score (nSPS) is 15.7. The largest absolute Gasteiger partial charge is 0.508 e. The number of ether oxygens (including phenoxy) is 1. The van der Waals surface area contributed by atoms with E-state index < -0.39 is 35.6 Å². The molecule has 38 heavy (non-hydrogen) atoms. The van der Waals surface area contributed by atoms with Crippen LogP contribution in [0.2, 0.25) is 0 Å². The van der Waals surface area contributed by atoms with Gasteiger partial charge in [-0.3, -0.25) is 14.4 Å². The second kappa shape index (κ2) is 14.0. The number of aromatic hydroxyl groups is 1. The van der Waals surface area contributed by atoms with Gasteiger partial charge in [0.25, 0.3) is 0 Å². The van der Waals surface area contributed by atoms with Crippen LogP contribution in [0.3, 0.4) is 0 Å². The molecule has 10 heteroatoms. The molecule has 0 saturated heterocycles. The lowest BCUT2D eigenvalue weighted by atomic mass is 9.94. The highest BCUT2D eigenvalue weighted by atomic mass is 16.6. The van der Waals surface area contributed by atoms with Crippen molar-refractivity contribution in [3.05, 3.63) is 29.3 Å². The molecular weight excluding hydrogens is 488 g/mol. The molecule has 1 aromatic carbocycles. The number of primary amides is 1. The van der Waals surface area contributed by atoms with Crippen molar-refractivity contribution in [3.63, 3.8) is 0 Å². The van der Waals surface area contributed by atoms with Gasteiger partial charge in [0.2, 0.25) is 17.7 Å². The molecule has 212 valence electrons. The van der Waals surface area contributed by atoms with Crippen molar-refractivity contribution in [1.82, 2.24) is 15.5 Å². The molecule has 0 aliphatic heterocycles. The van der Waals surface area contributed by atoms with E-state index in [1.165, 1.54) is 11.0 Å². The molecule has 1 fully saturated rings. The van der Waals surface area contributed by atoms with Crippen LogP contribution in [0.15, 0.2) is 18.2 Å². The summed E-state index contributed by atoms with van der Waals surface area (Å²) in [7, 11) is 0. The smallest absolute Gasteiger partial charge is 0.408 e. The minimum absolute atomic E-state index is 0.0149. The number of phenolic OH excluding ortho intramolecular Hbond substituents is 1. The molecule has 0 radical (unpaired) electrons. The van der Waals surface area contributed by atoms with Crippen molar-refractivity contribution in [2.45, 2.75) is 110 Å². The molecular formula is C28H44N4O6. The maximum Gasteiger partial charge on any atom is 0.408 e. The summed E-state index contributed by atoms with van der Waals surface area (Å²) in [5, 5.41) is 15.8. The molecule has 2 unspecified atom stereocenters. The third-order valence-electron chi connectivity index (χ3n) is 6.46. The van der Waals surface area contributed by atoms with E-state index in [0.717, 1.165) is 32.1 Å². The average Bonchev–Trinajstić information content (AvgIpc) is 2.82. The summed E-state index contributed by atoms with van der Waals surface area (Å²) in [4.78, 5) is 53.3. The number of carbonyl (C=O) groups is 4. The maximum absolute atomic E-state index is 14.0. The van der Waals surface area contributed by atoms with E-state index in [-0.39, 0.29) is 37.1 Å². The third kappa shape index (κ3) is 9.54. The first-order valence-electron chi connectivity index (χ1n) is 13.5. The fraction of sp³-hybridized carbons (Fsp3) is 0.643. The third-order valence-corrected chi connectivity index (χ3v) is 6.46. The molecule has 10 nitrogen and oxygen atoms in total. The summed E-state index contributed by atoms with van der Waals surface area (Å²) in [6, 6.07) is 2.71. The molecule has 2 atom stereocenters. The van der Waals surface area contributed by atoms with Gasteiger partial charge in [0.15, 0.2) is 0 Å². The highest BCUT2D eigenvalue weighted by Gasteiger charge is 2.37. The van der Waals surface area contributed by atoms with Crippen LogP contribution in [0.1, 0.15) is 96.2 Å². The van der Waals surface area contributed by atoms with Crippen molar-refractivity contribution >= 4 is 23.8 Å². The Hall–Kier alpha value is -3.30. The molecule has 4 amide bonds. The van der Waals surface area contributed by atoms with Crippen molar-refractivity contribution < 1.29 is 29.0 Å². The van der Waals surface area contributed by atoms with Crippen molar-refractivity contribution in [2.24, 2.45) is 5.73 Å². The van der Waals surface area contributed by atoms with E-state index in [2.05, 4.69) is 10.6 Å². The molecule has 1 aromatic rings. The maximum atomic E-state index is 14.0. The lowest BCUT2D eigenvalue weighted by molar-refractivity contribution is -0.143. The number of carbonyl (C=O) groups excluding carboxylic acids is 4. The number of rotatable bonds is 11. The van der Waals surface area contributed by atoms with Gasteiger partial charge in [-0.25, -0.2) is 4.79 Å². The van der Waals surface area contributed by atoms with Gasteiger partial charge in [0, 0.05) is 19.0 Å². The number of nitrogens with zero attached hydrogens (tertiary/aromatic N) is 1. The molecule has 1 aliphatic rings. The number of hydrogen-bond acceptors (Lipinski definition) is 6. The quantitative estimate of drug-likeness (QED) is 0.342. The van der Waals surface area contributed by atoms with Gasteiger partial charge in [-0.1, -0.05) is 32.3 Å². The van der Waals surface area contributed by atoms with Crippen molar-refractivity contribution in [1.29, 1.82) is 0 Å². The first kappa shape index (κ1) is 30.9. The number of alkyl carbamates (subject to hydrolysis) is 1. The van der Waals surface area contributed by atoms with E-state index in [0.29, 0.717) is 17.5 Å². The summed E-state index contributed by atoms with van der Waals surface area (Å²) in [6.45, 7) is 8.95. The highest BCUT2D eigenvalue weighted by Crippen LogP contribution is 2.28. The Labute approximate surface area is 225 Å². The van der Waals surface area contributed by atoms with Gasteiger partial charge in [0.1, 0.15) is 23.4 Å². The Morgan fingerprint density at radius 2 is 1.82 bits per heavy atom. The zero-order valence-electron chi connectivity index (χ0n) is 23.3. The minimum Gasteiger partial charge on any atom is -0.508 e. The average molecular weight is 533 g/mol. The molecule has 1 aliphatic carbocycles. The summed E-state index contributed by atoms with van der Waals surface area (Å²) < 4.78 is 5.34. The monoisotopic (exact) mass is 532 g/mol. The molecule has 0 aromatic heterocycles. The van der Waals surface area contributed by atoms with E-state index in [1.807, 2.05) is 6.92 Å². The van der Waals surface area contributed by atoms with E-state index >= 15 is 0 Å². The number of phenols is 1. The van der Waals surface area contributed by atoms with Crippen molar-refractivity contribution in [3.8, 4) is 5.75 Å². The molecule has 5 N–H and O–H groups in total. The lowest BCUT2D eigenvalue weighted by Crippen LogP contribution is -2.54. The Bertz CT molecular complexity index is 984. The fourth-order valence-corrected chi connectivity index (χ4v) is 4.65. The number of aryl methyl sites for hydroxylation is 1. The number of amides is 4. The standard InChI is InChI=1S/C28H44N4O6/c1-6-16-32(26(36)21(13-15-23(29)34)31-27(37)38-28(3,4)5)24(19-12-14-22(33)18(2)17-19)25(35)30-20-10-8-7-9-11-20/h12,14,17,20-21,24,33H,6-11,13,15-16H2,1-5H3,(H2,29,34)(H,30,35)(H,31,37). The first-order valence-corrected chi connectivity index (χ1v) is 13.5. The molecule has 0 bridgehead atoms. The number of hydrogen-bond donors (Lipinski definition) is 4. The number of nitrogens with one attached hydrogen (secondary N) is 2. The molecule has 0 spiro atoms. The molecule has 2 rings (SSSR count). The van der Waals surface area contributed by atoms with Gasteiger partial charge in [-0.2, -0.15) is 0 Å². The van der Waals surface area contributed by atoms with Crippen LogP contribution >= 0.6 is 0 Å². The zero-order chi connectivity index (χ0) is 28.5. The van der Waals surface area contributed by atoms with Gasteiger partial charge in [-0.05, 0) is 76.6 Å². The van der Waals surface area contributed by atoms with Crippen LogP contribution in [0, 0.1) is 6.92 Å². The predicted molar refractivity (Wildman–Crippen MR) is 144 cm³/mol. The highest BCUT2D eigenvalue weighted by molar-refractivity contribution is 5.92. The Kier molecular flexibility index (Phi) is 11.4. The molecule has 0 heterocycles. The van der Waals surface area contributed by atoms with Gasteiger partial charge in [-0.15, -0.1) is 0 Å². The summed E-state index contributed by atoms with van der Waals surface area (Å²) >= 11 is 0. The van der Waals surface area contributed by atoms with Crippen LogP contribution in [-0.4, -0.2) is 58.1 Å². The van der Waals surface area contributed by atoms with Crippen LogP contribution < -0.4 is 16.4 Å². The topological polar surface area (TPSA) is 151 Å². The van der Waals surface area contributed by atoms with Gasteiger partial charge < -0.3 is 31.1 Å². The fourth-order valence-electron chi connectivity index (χ4n) is 4.65. The Morgan fingerprint density at radius 1 is 1.16 bits per heavy atom. The summed E-state index contributed by atoms with van der Waals surface area (Å²) in [5.41, 5.74) is 5.66. The Morgan fingerprint density at radius 3 is 2.37 bits per heavy atom. The Balaban J connectivity index is 2.46. The first-order chi connectivity index (χ1) is 17.8. The van der Waals surface area contributed by atoms with Gasteiger partial charge >= 0.3 is 6.09 Å². The van der Waals surface area contributed by atoms with Gasteiger partial charge in [0.05, 0.1) is 0 Å². The van der Waals surface area contributed by atoms with E-state index in [1.54, 1.807) is 39.8 Å². The second-order valence-electron chi connectivity index (χ2n) is 11.0. The van der Waals surface area contributed by atoms with Crippen LogP contribution in [0.5, 0.6) is 5.75 Å². The van der Waals surface area contributed by atoms with Crippen LogP contribution in [0.25, 0.3) is 0 Å². The van der Waals surface area contributed by atoms with Crippen LogP contribution in [0.4, 0.5) is 4.79 Å². The number of nitrogens with two attached hydrogens (primary N) is 1.